The molecule has 2 atom stereocenters. The summed E-state index contributed by atoms with van der Waals surface area (Å²) in [5, 5.41) is 25.2. The Balaban J connectivity index is 3.00. The quantitative estimate of drug-likeness (QED) is 0.345. The minimum Gasteiger partial charge on any atom is -0.394 e. The minimum atomic E-state index is -4.23. The van der Waals surface area contributed by atoms with Crippen LogP contribution in [0.5, 0.6) is 0 Å². The standard InChI is InChI=1S/C13H16O8S/c1-7-2-4-8(5-3-7)22(20,21)13(19)12(18)11(17)10(16)9(15)6-14/h2-5,9-10,14-16,20-21H,6H2,1H3/t9-,10+/m1/s1. The summed E-state index contributed by atoms with van der Waals surface area (Å²) in [6.45, 7) is 0.710. The van der Waals surface area contributed by atoms with Crippen molar-refractivity contribution in [1.82, 2.24) is 0 Å². The highest BCUT2D eigenvalue weighted by Gasteiger charge is 2.40. The van der Waals surface area contributed by atoms with Crippen LogP contribution in [0.4, 0.5) is 0 Å². The van der Waals surface area contributed by atoms with Gasteiger partial charge in [0.1, 0.15) is 12.2 Å². The number of aliphatic hydroxyl groups excluding tert-OH is 3. The van der Waals surface area contributed by atoms with Crippen LogP contribution in [0.25, 0.3) is 0 Å². The predicted octanol–water partition coefficient (Wildman–Crippen LogP) is -0.517. The van der Waals surface area contributed by atoms with E-state index < -0.39 is 46.1 Å². The third kappa shape index (κ3) is 3.77. The Morgan fingerprint density at radius 1 is 1.09 bits per heavy atom. The van der Waals surface area contributed by atoms with E-state index in [1.165, 1.54) is 24.3 Å². The van der Waals surface area contributed by atoms with Gasteiger partial charge in [0, 0.05) is 0 Å². The molecule has 0 aliphatic rings. The molecule has 0 saturated carbocycles. The summed E-state index contributed by atoms with van der Waals surface area (Å²) in [4.78, 5) is 34.7. The summed E-state index contributed by atoms with van der Waals surface area (Å²) in [5.41, 5.74) is 0.773. The fourth-order valence-electron chi connectivity index (χ4n) is 1.47. The smallest absolute Gasteiger partial charge is 0.319 e. The van der Waals surface area contributed by atoms with Gasteiger partial charge in [0.15, 0.2) is 0 Å². The summed E-state index contributed by atoms with van der Waals surface area (Å²) >= 11 is 0. The van der Waals surface area contributed by atoms with Gasteiger partial charge in [-0.25, -0.2) is 0 Å². The van der Waals surface area contributed by atoms with Crippen LogP contribution in [0.15, 0.2) is 29.2 Å². The van der Waals surface area contributed by atoms with Crippen LogP contribution >= 0.6 is 10.6 Å². The number of hydrogen-bond acceptors (Lipinski definition) is 8. The van der Waals surface area contributed by atoms with Crippen LogP contribution in [-0.2, 0) is 14.4 Å². The first kappa shape index (κ1) is 18.4. The highest BCUT2D eigenvalue weighted by atomic mass is 32.3. The van der Waals surface area contributed by atoms with Crippen molar-refractivity contribution in [3.8, 4) is 0 Å². The third-order valence-electron chi connectivity index (χ3n) is 2.84. The fourth-order valence-corrected chi connectivity index (χ4v) is 2.56. The van der Waals surface area contributed by atoms with Gasteiger partial charge in [-0.1, -0.05) is 17.7 Å². The van der Waals surface area contributed by atoms with E-state index in [1.807, 2.05) is 0 Å². The van der Waals surface area contributed by atoms with E-state index in [9.17, 15) is 28.6 Å². The van der Waals surface area contributed by atoms with E-state index in [2.05, 4.69) is 0 Å². The molecule has 1 rings (SSSR count). The lowest BCUT2D eigenvalue weighted by Gasteiger charge is -2.29. The third-order valence-corrected chi connectivity index (χ3v) is 4.47. The number of carbonyl (C=O) groups excluding carboxylic acids is 3. The normalized spacial score (nSPS) is 15.0. The Labute approximate surface area is 127 Å². The maximum absolute atomic E-state index is 11.8. The minimum absolute atomic E-state index is 0.249. The van der Waals surface area contributed by atoms with Gasteiger partial charge in [-0.2, -0.15) is 0 Å². The van der Waals surface area contributed by atoms with Crippen LogP contribution in [-0.4, -0.2) is 59.9 Å². The molecular weight excluding hydrogens is 316 g/mol. The number of carbonyl (C=O) groups is 3. The number of Topliss-reactive ketones (excluding diaryl/α,β-unsaturated/α-hetero) is 2. The van der Waals surface area contributed by atoms with Crippen molar-refractivity contribution in [2.24, 2.45) is 0 Å². The van der Waals surface area contributed by atoms with Crippen molar-refractivity contribution >= 4 is 27.3 Å². The van der Waals surface area contributed by atoms with Crippen molar-refractivity contribution < 1.29 is 38.8 Å². The van der Waals surface area contributed by atoms with Crippen molar-refractivity contribution in [3.63, 3.8) is 0 Å². The van der Waals surface area contributed by atoms with E-state index in [4.69, 9.17) is 10.2 Å². The number of aryl methyl sites for hydroxylation is 1. The van der Waals surface area contributed by atoms with E-state index >= 15 is 0 Å². The van der Waals surface area contributed by atoms with Crippen LogP contribution in [0.1, 0.15) is 5.56 Å². The molecule has 122 valence electrons. The second kappa shape index (κ2) is 7.09. The van der Waals surface area contributed by atoms with Gasteiger partial charge in [0.2, 0.25) is 5.78 Å². The Kier molecular flexibility index (Phi) is 5.94. The molecule has 1 aromatic carbocycles. The lowest BCUT2D eigenvalue weighted by Crippen LogP contribution is -2.43. The Morgan fingerprint density at radius 3 is 2.05 bits per heavy atom. The Morgan fingerprint density at radius 2 is 1.59 bits per heavy atom. The molecule has 0 unspecified atom stereocenters. The molecule has 22 heavy (non-hydrogen) atoms. The molecular formula is C13H16O8S. The number of ketones is 2. The molecule has 0 saturated heterocycles. The summed E-state index contributed by atoms with van der Waals surface area (Å²) in [6.07, 6.45) is -4.28. The molecule has 0 amide bonds. The number of hydrogen-bond donors (Lipinski definition) is 5. The molecule has 0 radical (unpaired) electrons. The van der Waals surface area contributed by atoms with Gasteiger partial charge < -0.3 is 15.3 Å². The van der Waals surface area contributed by atoms with E-state index in [-0.39, 0.29) is 4.90 Å². The fraction of sp³-hybridized carbons (Fsp3) is 0.308. The first-order valence-electron chi connectivity index (χ1n) is 6.07. The first-order chi connectivity index (χ1) is 10.1. The molecule has 9 heteroatoms. The molecule has 5 N–H and O–H groups in total. The largest absolute Gasteiger partial charge is 0.394 e. The average Bonchev–Trinajstić information content (AvgIpc) is 2.51. The molecule has 0 spiro atoms. The number of aliphatic hydroxyl groups is 3. The predicted molar refractivity (Wildman–Crippen MR) is 76.4 cm³/mol. The average molecular weight is 332 g/mol. The summed E-state index contributed by atoms with van der Waals surface area (Å²) in [5.74, 6) is -3.58. The summed E-state index contributed by atoms with van der Waals surface area (Å²) in [6, 6.07) is 5.40. The van der Waals surface area contributed by atoms with Crippen molar-refractivity contribution in [1.29, 1.82) is 0 Å². The molecule has 0 bridgehead atoms. The highest BCUT2D eigenvalue weighted by Crippen LogP contribution is 2.49. The topological polar surface area (TPSA) is 152 Å². The zero-order valence-electron chi connectivity index (χ0n) is 11.5. The lowest BCUT2D eigenvalue weighted by molar-refractivity contribution is -0.149. The van der Waals surface area contributed by atoms with Gasteiger partial charge in [0.05, 0.1) is 11.5 Å². The lowest BCUT2D eigenvalue weighted by atomic mass is 10.1. The van der Waals surface area contributed by atoms with Gasteiger partial charge in [-0.15, -0.1) is 10.6 Å². The van der Waals surface area contributed by atoms with Crippen molar-refractivity contribution in [3.05, 3.63) is 29.8 Å². The first-order valence-corrected chi connectivity index (χ1v) is 7.62. The zero-order chi connectivity index (χ0) is 17.1. The maximum Gasteiger partial charge on any atom is 0.319 e. The van der Waals surface area contributed by atoms with Crippen LogP contribution in [0.3, 0.4) is 0 Å². The monoisotopic (exact) mass is 332 g/mol. The molecule has 0 aliphatic heterocycles. The molecule has 0 fully saturated rings. The van der Waals surface area contributed by atoms with Gasteiger partial charge in [0.25, 0.3) is 5.78 Å². The highest BCUT2D eigenvalue weighted by molar-refractivity contribution is 8.38. The SMILES string of the molecule is Cc1ccc(S(O)(O)C(=O)C(=O)C(=O)[C@@H](O)[C@H](O)CO)cc1. The second-order valence-electron chi connectivity index (χ2n) is 4.54. The molecule has 1 aromatic rings. The van der Waals surface area contributed by atoms with E-state index in [0.717, 1.165) is 5.56 Å². The van der Waals surface area contributed by atoms with Gasteiger partial charge >= 0.3 is 5.12 Å². The maximum atomic E-state index is 11.8. The molecule has 0 heterocycles. The second-order valence-corrected chi connectivity index (χ2v) is 6.48. The number of benzene rings is 1. The zero-order valence-corrected chi connectivity index (χ0v) is 12.4. The van der Waals surface area contributed by atoms with Gasteiger partial charge in [-0.3, -0.25) is 23.5 Å². The molecule has 0 aliphatic carbocycles. The molecule has 8 nitrogen and oxygen atoms in total. The van der Waals surface area contributed by atoms with Crippen LogP contribution in [0, 0.1) is 6.92 Å². The Bertz CT molecular complexity index is 580. The number of rotatable bonds is 6. The molecule has 0 aromatic heterocycles. The van der Waals surface area contributed by atoms with E-state index in [1.54, 1.807) is 6.92 Å². The van der Waals surface area contributed by atoms with Crippen molar-refractivity contribution in [2.75, 3.05) is 6.61 Å². The van der Waals surface area contributed by atoms with E-state index in [0.29, 0.717) is 0 Å². The summed E-state index contributed by atoms with van der Waals surface area (Å²) in [7, 11) is -4.23. The van der Waals surface area contributed by atoms with Crippen LogP contribution < -0.4 is 0 Å². The Hall–Kier alpha value is -1.62. The van der Waals surface area contributed by atoms with Crippen molar-refractivity contribution in [2.45, 2.75) is 24.0 Å². The summed E-state index contributed by atoms with van der Waals surface area (Å²) < 4.78 is 19.7. The van der Waals surface area contributed by atoms with Gasteiger partial charge in [-0.05, 0) is 19.1 Å². The van der Waals surface area contributed by atoms with Crippen LogP contribution in [0.2, 0.25) is 0 Å².